The van der Waals surface area contributed by atoms with E-state index in [4.69, 9.17) is 9.47 Å². The Hall–Kier alpha value is -3.48. The Bertz CT molecular complexity index is 952. The molecule has 28 heavy (non-hydrogen) atoms. The van der Waals surface area contributed by atoms with Crippen LogP contribution in [0.2, 0.25) is 0 Å². The molecule has 2 N–H and O–H groups in total. The van der Waals surface area contributed by atoms with E-state index >= 15 is 0 Å². The maximum absolute atomic E-state index is 12.9. The number of H-pyrrole nitrogens is 1. The number of carbonyl (C=O) groups excluding carboxylic acids is 1. The summed E-state index contributed by atoms with van der Waals surface area (Å²) in [6, 6.07) is 14.6. The number of rotatable bonds is 5. The highest BCUT2D eigenvalue weighted by atomic mass is 16.5. The number of nitrogens with zero attached hydrogens (tertiary/aromatic N) is 2. The molecule has 0 saturated heterocycles. The lowest BCUT2D eigenvalue weighted by atomic mass is 10.1. The fourth-order valence-electron chi connectivity index (χ4n) is 3.21. The highest BCUT2D eigenvalue weighted by Gasteiger charge is 2.24. The van der Waals surface area contributed by atoms with Crippen LogP contribution in [0.15, 0.2) is 54.7 Å². The molecule has 3 aromatic rings. The molecule has 144 valence electrons. The maximum Gasteiger partial charge on any atom is 0.326 e. The van der Waals surface area contributed by atoms with E-state index in [0.29, 0.717) is 30.3 Å². The van der Waals surface area contributed by atoms with Crippen molar-refractivity contribution in [2.45, 2.75) is 19.8 Å². The smallest absolute Gasteiger partial charge is 0.326 e. The van der Waals surface area contributed by atoms with Crippen molar-refractivity contribution in [3.63, 3.8) is 0 Å². The molecule has 0 saturated carbocycles. The first-order valence-corrected chi connectivity index (χ1v) is 9.35. The molecule has 1 aliphatic rings. The summed E-state index contributed by atoms with van der Waals surface area (Å²) in [4.78, 5) is 14.6. The van der Waals surface area contributed by atoms with Gasteiger partial charge in [-0.05, 0) is 56.2 Å². The number of aryl methyl sites for hydroxylation is 1. The van der Waals surface area contributed by atoms with E-state index in [-0.39, 0.29) is 6.03 Å². The Kier molecular flexibility index (Phi) is 5.14. The maximum atomic E-state index is 12.9. The van der Waals surface area contributed by atoms with Crippen molar-refractivity contribution in [1.82, 2.24) is 10.2 Å². The van der Waals surface area contributed by atoms with Gasteiger partial charge in [0.25, 0.3) is 0 Å². The molecule has 0 radical (unpaired) electrons. The molecular formula is C21H22N4O3. The van der Waals surface area contributed by atoms with Gasteiger partial charge in [-0.25, -0.2) is 4.79 Å². The molecule has 0 bridgehead atoms. The molecule has 4 rings (SSSR count). The number of aromatic nitrogens is 2. The summed E-state index contributed by atoms with van der Waals surface area (Å²) >= 11 is 0. The molecule has 1 aromatic heterocycles. The molecule has 0 atom stereocenters. The normalized spacial score (nSPS) is 13.0. The lowest BCUT2D eigenvalue weighted by Crippen LogP contribution is -2.38. The average molecular weight is 378 g/mol. The summed E-state index contributed by atoms with van der Waals surface area (Å²) in [5.41, 5.74) is 2.42. The number of para-hydroxylation sites is 2. The molecule has 0 unspecified atom stereocenters. The van der Waals surface area contributed by atoms with Crippen molar-refractivity contribution >= 4 is 17.4 Å². The third kappa shape index (κ3) is 3.78. The molecular weight excluding hydrogens is 356 g/mol. The Labute approximate surface area is 163 Å². The molecule has 1 aliphatic heterocycles. The van der Waals surface area contributed by atoms with Gasteiger partial charge in [0.2, 0.25) is 0 Å². The van der Waals surface area contributed by atoms with Crippen molar-refractivity contribution in [3.8, 4) is 17.2 Å². The molecule has 2 heterocycles. The summed E-state index contributed by atoms with van der Waals surface area (Å²) in [5.74, 6) is 2.03. The zero-order valence-electron chi connectivity index (χ0n) is 15.6. The lowest BCUT2D eigenvalue weighted by Gasteiger charge is -2.26. The number of ether oxygens (including phenoxy) is 2. The zero-order chi connectivity index (χ0) is 19.3. The summed E-state index contributed by atoms with van der Waals surface area (Å²) < 4.78 is 11.4. The first-order valence-electron chi connectivity index (χ1n) is 9.35. The van der Waals surface area contributed by atoms with Crippen LogP contribution in [0, 0.1) is 0 Å². The van der Waals surface area contributed by atoms with E-state index in [1.165, 1.54) is 0 Å². The van der Waals surface area contributed by atoms with Crippen LogP contribution in [-0.2, 0) is 6.42 Å². The molecule has 2 amide bonds. The number of fused-ring (bicyclic) bond motifs is 1. The van der Waals surface area contributed by atoms with Gasteiger partial charge in [0.15, 0.2) is 5.75 Å². The Morgan fingerprint density at radius 1 is 1.18 bits per heavy atom. The molecule has 7 heteroatoms. The van der Waals surface area contributed by atoms with Gasteiger partial charge < -0.3 is 14.8 Å². The van der Waals surface area contributed by atoms with Crippen molar-refractivity contribution in [1.29, 1.82) is 0 Å². The number of nitrogens with one attached hydrogen (secondary N) is 2. The fraction of sp³-hybridized carbons (Fsp3) is 0.238. The number of hydrogen-bond acceptors (Lipinski definition) is 4. The fourth-order valence-corrected chi connectivity index (χ4v) is 3.21. The number of aromatic amines is 1. The van der Waals surface area contributed by atoms with Crippen LogP contribution in [0.1, 0.15) is 19.0 Å². The number of anilines is 2. The van der Waals surface area contributed by atoms with Crippen LogP contribution in [0.25, 0.3) is 0 Å². The van der Waals surface area contributed by atoms with E-state index in [2.05, 4.69) is 15.5 Å². The molecule has 0 spiro atoms. The second-order valence-electron chi connectivity index (χ2n) is 6.42. The van der Waals surface area contributed by atoms with Gasteiger partial charge in [0.05, 0.1) is 29.9 Å². The van der Waals surface area contributed by atoms with Crippen LogP contribution in [0.4, 0.5) is 16.2 Å². The van der Waals surface area contributed by atoms with Gasteiger partial charge >= 0.3 is 6.03 Å². The minimum atomic E-state index is -0.204. The Morgan fingerprint density at radius 2 is 1.96 bits per heavy atom. The van der Waals surface area contributed by atoms with Crippen LogP contribution >= 0.6 is 0 Å². The van der Waals surface area contributed by atoms with Gasteiger partial charge in [-0.3, -0.25) is 10.00 Å². The minimum absolute atomic E-state index is 0.204. The van der Waals surface area contributed by atoms with Crippen LogP contribution in [-0.4, -0.2) is 29.4 Å². The predicted octanol–water partition coefficient (Wildman–Crippen LogP) is 4.59. The van der Waals surface area contributed by atoms with Crippen molar-refractivity contribution in [2.24, 2.45) is 0 Å². The van der Waals surface area contributed by atoms with E-state index in [0.717, 1.165) is 30.0 Å². The van der Waals surface area contributed by atoms with Crippen LogP contribution in [0.3, 0.4) is 0 Å². The predicted molar refractivity (Wildman–Crippen MR) is 107 cm³/mol. The summed E-state index contributed by atoms with van der Waals surface area (Å²) in [7, 11) is 0. The minimum Gasteiger partial charge on any atom is -0.494 e. The van der Waals surface area contributed by atoms with E-state index in [1.807, 2.05) is 55.5 Å². The number of hydrogen-bond donors (Lipinski definition) is 2. The second-order valence-corrected chi connectivity index (χ2v) is 6.42. The summed E-state index contributed by atoms with van der Waals surface area (Å²) in [6.45, 7) is 3.21. The average Bonchev–Trinajstić information content (AvgIpc) is 3.20. The van der Waals surface area contributed by atoms with E-state index in [1.54, 1.807) is 11.1 Å². The first kappa shape index (κ1) is 17.9. The molecule has 2 aromatic carbocycles. The SMILES string of the molecule is CCOc1ccc(Oc2ccccc2NC(=O)N2CCCc3[nH]ncc32)cc1. The van der Waals surface area contributed by atoms with Crippen LogP contribution in [0.5, 0.6) is 17.2 Å². The summed E-state index contributed by atoms with van der Waals surface area (Å²) in [6.07, 6.45) is 3.49. The number of amides is 2. The van der Waals surface area contributed by atoms with Gasteiger partial charge in [-0.2, -0.15) is 5.10 Å². The number of carbonyl (C=O) groups is 1. The molecule has 0 fully saturated rings. The number of benzene rings is 2. The highest BCUT2D eigenvalue weighted by Crippen LogP contribution is 2.31. The third-order valence-corrected chi connectivity index (χ3v) is 4.53. The number of urea groups is 1. The van der Waals surface area contributed by atoms with Gasteiger partial charge in [0, 0.05) is 6.54 Å². The second kappa shape index (κ2) is 8.04. The van der Waals surface area contributed by atoms with E-state index in [9.17, 15) is 4.79 Å². The largest absolute Gasteiger partial charge is 0.494 e. The quantitative estimate of drug-likeness (QED) is 0.681. The van der Waals surface area contributed by atoms with Crippen LogP contribution < -0.4 is 19.7 Å². The lowest BCUT2D eigenvalue weighted by molar-refractivity contribution is 0.256. The topological polar surface area (TPSA) is 79.5 Å². The standard InChI is InChI=1S/C21H22N4O3/c1-2-27-15-9-11-16(12-10-15)28-20-8-4-3-6-18(20)23-21(26)25-13-5-7-17-19(25)14-22-24-17/h3-4,6,8-12,14H,2,5,7,13H2,1H3,(H,22,24)(H,23,26). The van der Waals surface area contributed by atoms with Crippen molar-refractivity contribution in [2.75, 3.05) is 23.4 Å². The summed E-state index contributed by atoms with van der Waals surface area (Å²) in [5, 5.41) is 9.97. The van der Waals surface area contributed by atoms with E-state index < -0.39 is 0 Å². The third-order valence-electron chi connectivity index (χ3n) is 4.53. The van der Waals surface area contributed by atoms with Crippen molar-refractivity contribution in [3.05, 3.63) is 60.4 Å². The van der Waals surface area contributed by atoms with Gasteiger partial charge in [0.1, 0.15) is 11.5 Å². The van der Waals surface area contributed by atoms with Gasteiger partial charge in [-0.1, -0.05) is 12.1 Å². The highest BCUT2D eigenvalue weighted by molar-refractivity contribution is 6.03. The zero-order valence-corrected chi connectivity index (χ0v) is 15.6. The Balaban J connectivity index is 1.50. The first-order chi connectivity index (χ1) is 13.7. The van der Waals surface area contributed by atoms with Gasteiger partial charge in [-0.15, -0.1) is 0 Å². The Morgan fingerprint density at radius 3 is 2.79 bits per heavy atom. The monoisotopic (exact) mass is 378 g/mol. The van der Waals surface area contributed by atoms with Crippen molar-refractivity contribution < 1.29 is 14.3 Å². The molecule has 0 aliphatic carbocycles. The molecule has 7 nitrogen and oxygen atoms in total.